The third-order valence-electron chi connectivity index (χ3n) is 2.89. The van der Waals surface area contributed by atoms with E-state index in [0.29, 0.717) is 0 Å². The lowest BCUT2D eigenvalue weighted by molar-refractivity contribution is 1.05. The average molecular weight is 223 g/mol. The molecule has 2 aromatic rings. The standard InChI is InChI=1S/C14H13N3/c1-10-15-7-6-14(17-10)12-8-11-4-2-3-5-13(11)16-9-12/h4-9H,2-3H2,1H3. The van der Waals surface area contributed by atoms with Crippen LogP contribution in [0.4, 0.5) is 0 Å². The van der Waals surface area contributed by atoms with E-state index in [4.69, 9.17) is 0 Å². The number of hydrogen-bond acceptors (Lipinski definition) is 3. The first kappa shape index (κ1) is 10.1. The second kappa shape index (κ2) is 4.09. The summed E-state index contributed by atoms with van der Waals surface area (Å²) >= 11 is 0. The molecule has 0 N–H and O–H groups in total. The first-order valence-corrected chi connectivity index (χ1v) is 5.79. The highest BCUT2D eigenvalue weighted by molar-refractivity contribution is 5.58. The minimum atomic E-state index is 0.788. The predicted molar refractivity (Wildman–Crippen MR) is 67.4 cm³/mol. The van der Waals surface area contributed by atoms with Crippen LogP contribution < -0.4 is 10.6 Å². The number of rotatable bonds is 1. The van der Waals surface area contributed by atoms with Gasteiger partial charge in [0.15, 0.2) is 0 Å². The lowest BCUT2D eigenvalue weighted by Gasteiger charge is -2.03. The SMILES string of the molecule is Cc1nccc(-c2cnc3c(c2)=CCCC=3)n1. The topological polar surface area (TPSA) is 38.7 Å². The number of fused-ring (bicyclic) bond motifs is 1. The van der Waals surface area contributed by atoms with E-state index in [1.807, 2.05) is 19.2 Å². The van der Waals surface area contributed by atoms with Crippen molar-refractivity contribution in [3.63, 3.8) is 0 Å². The average Bonchev–Trinajstić information content (AvgIpc) is 2.38. The molecule has 3 nitrogen and oxygen atoms in total. The summed E-state index contributed by atoms with van der Waals surface area (Å²) in [5.74, 6) is 0.788. The van der Waals surface area contributed by atoms with Crippen molar-refractivity contribution in [2.75, 3.05) is 0 Å². The van der Waals surface area contributed by atoms with Crippen molar-refractivity contribution in [3.05, 3.63) is 40.9 Å². The highest BCUT2D eigenvalue weighted by atomic mass is 14.9. The Hall–Kier alpha value is -2.03. The van der Waals surface area contributed by atoms with Gasteiger partial charge in [-0.25, -0.2) is 9.97 Å². The highest BCUT2D eigenvalue weighted by Crippen LogP contribution is 2.12. The summed E-state index contributed by atoms with van der Waals surface area (Å²) in [4.78, 5) is 13.0. The zero-order chi connectivity index (χ0) is 11.7. The highest BCUT2D eigenvalue weighted by Gasteiger charge is 2.02. The van der Waals surface area contributed by atoms with Crippen LogP contribution in [0.1, 0.15) is 18.7 Å². The fraction of sp³-hybridized carbons (Fsp3) is 0.214. The van der Waals surface area contributed by atoms with Crippen LogP contribution in [0.2, 0.25) is 0 Å². The number of nitrogens with zero attached hydrogens (tertiary/aromatic N) is 3. The fourth-order valence-corrected chi connectivity index (χ4v) is 2.04. The van der Waals surface area contributed by atoms with Gasteiger partial charge in [-0.2, -0.15) is 0 Å². The number of aromatic nitrogens is 3. The first-order valence-electron chi connectivity index (χ1n) is 5.79. The lowest BCUT2D eigenvalue weighted by atomic mass is 10.1. The van der Waals surface area contributed by atoms with Gasteiger partial charge in [0.05, 0.1) is 11.0 Å². The van der Waals surface area contributed by atoms with Gasteiger partial charge in [-0.05, 0) is 37.1 Å². The Morgan fingerprint density at radius 1 is 1.12 bits per heavy atom. The van der Waals surface area contributed by atoms with Crippen LogP contribution >= 0.6 is 0 Å². The maximum atomic E-state index is 4.48. The number of hydrogen-bond donors (Lipinski definition) is 0. The summed E-state index contributed by atoms with van der Waals surface area (Å²) < 4.78 is 0. The molecule has 0 radical (unpaired) electrons. The summed E-state index contributed by atoms with van der Waals surface area (Å²) in [5, 5.41) is 2.30. The van der Waals surface area contributed by atoms with Crippen LogP contribution in [0.15, 0.2) is 24.5 Å². The van der Waals surface area contributed by atoms with Gasteiger partial charge in [0.2, 0.25) is 0 Å². The normalized spacial score (nSPS) is 13.5. The molecule has 3 heteroatoms. The summed E-state index contributed by atoms with van der Waals surface area (Å²) in [7, 11) is 0. The van der Waals surface area contributed by atoms with Crippen molar-refractivity contribution in [3.8, 4) is 11.3 Å². The Labute approximate surface area is 99.6 Å². The Bertz CT molecular complexity index is 674. The second-order valence-corrected chi connectivity index (χ2v) is 4.17. The van der Waals surface area contributed by atoms with Crippen molar-refractivity contribution in [2.24, 2.45) is 0 Å². The molecule has 2 heterocycles. The third-order valence-corrected chi connectivity index (χ3v) is 2.89. The molecule has 84 valence electrons. The molecule has 0 unspecified atom stereocenters. The Balaban J connectivity index is 2.17. The molecular weight excluding hydrogens is 210 g/mol. The molecular formula is C14H13N3. The van der Waals surface area contributed by atoms with Crippen molar-refractivity contribution in [1.82, 2.24) is 15.0 Å². The van der Waals surface area contributed by atoms with Crippen molar-refractivity contribution < 1.29 is 0 Å². The monoisotopic (exact) mass is 223 g/mol. The third kappa shape index (κ3) is 1.96. The smallest absolute Gasteiger partial charge is 0.125 e. The van der Waals surface area contributed by atoms with Crippen molar-refractivity contribution >= 4 is 12.2 Å². The molecule has 0 amide bonds. The molecule has 3 rings (SSSR count). The maximum Gasteiger partial charge on any atom is 0.125 e. The van der Waals surface area contributed by atoms with Gasteiger partial charge in [-0.15, -0.1) is 0 Å². The quantitative estimate of drug-likeness (QED) is 0.729. The zero-order valence-corrected chi connectivity index (χ0v) is 9.72. The van der Waals surface area contributed by atoms with E-state index in [1.54, 1.807) is 6.20 Å². The van der Waals surface area contributed by atoms with E-state index in [2.05, 4.69) is 33.2 Å². The van der Waals surface area contributed by atoms with Gasteiger partial charge in [-0.3, -0.25) is 4.98 Å². The molecule has 0 atom stereocenters. The van der Waals surface area contributed by atoms with Crippen LogP contribution in [0, 0.1) is 6.92 Å². The summed E-state index contributed by atoms with van der Waals surface area (Å²) in [5.41, 5.74) is 1.99. The minimum absolute atomic E-state index is 0.788. The second-order valence-electron chi connectivity index (χ2n) is 4.17. The maximum absolute atomic E-state index is 4.48. The minimum Gasteiger partial charge on any atom is -0.256 e. The lowest BCUT2D eigenvalue weighted by Crippen LogP contribution is -2.29. The van der Waals surface area contributed by atoms with Crippen LogP contribution in [0.3, 0.4) is 0 Å². The molecule has 0 aromatic carbocycles. The molecule has 0 spiro atoms. The van der Waals surface area contributed by atoms with Gasteiger partial charge in [0.1, 0.15) is 5.82 Å². The molecule has 0 bridgehead atoms. The zero-order valence-electron chi connectivity index (χ0n) is 9.72. The van der Waals surface area contributed by atoms with E-state index in [-0.39, 0.29) is 0 Å². The van der Waals surface area contributed by atoms with Gasteiger partial charge in [-0.1, -0.05) is 12.2 Å². The Morgan fingerprint density at radius 2 is 2.00 bits per heavy atom. The van der Waals surface area contributed by atoms with E-state index in [0.717, 1.165) is 35.3 Å². The summed E-state index contributed by atoms with van der Waals surface area (Å²) in [6.07, 6.45) is 10.3. The van der Waals surface area contributed by atoms with Crippen LogP contribution in [-0.2, 0) is 0 Å². The molecule has 0 aliphatic heterocycles. The van der Waals surface area contributed by atoms with Crippen molar-refractivity contribution in [1.29, 1.82) is 0 Å². The summed E-state index contributed by atoms with van der Waals surface area (Å²) in [6.45, 7) is 1.90. The fourth-order valence-electron chi connectivity index (χ4n) is 2.04. The van der Waals surface area contributed by atoms with E-state index < -0.39 is 0 Å². The van der Waals surface area contributed by atoms with E-state index in [1.165, 1.54) is 5.22 Å². The molecule has 0 saturated carbocycles. The summed E-state index contributed by atoms with van der Waals surface area (Å²) in [6, 6.07) is 4.07. The molecule has 2 aromatic heterocycles. The molecule has 1 aliphatic carbocycles. The van der Waals surface area contributed by atoms with Gasteiger partial charge in [0.25, 0.3) is 0 Å². The van der Waals surface area contributed by atoms with Gasteiger partial charge < -0.3 is 0 Å². The van der Waals surface area contributed by atoms with E-state index >= 15 is 0 Å². The Kier molecular flexibility index (Phi) is 2.44. The van der Waals surface area contributed by atoms with Crippen LogP contribution in [-0.4, -0.2) is 15.0 Å². The molecule has 0 saturated heterocycles. The van der Waals surface area contributed by atoms with Crippen LogP contribution in [0.5, 0.6) is 0 Å². The molecule has 1 aliphatic rings. The molecule has 0 fully saturated rings. The molecule has 17 heavy (non-hydrogen) atoms. The van der Waals surface area contributed by atoms with Crippen molar-refractivity contribution in [2.45, 2.75) is 19.8 Å². The van der Waals surface area contributed by atoms with Gasteiger partial charge >= 0.3 is 0 Å². The van der Waals surface area contributed by atoms with Crippen LogP contribution in [0.25, 0.3) is 23.4 Å². The van der Waals surface area contributed by atoms with Gasteiger partial charge in [0, 0.05) is 18.0 Å². The first-order chi connectivity index (χ1) is 8.33. The Morgan fingerprint density at radius 3 is 2.88 bits per heavy atom. The largest absolute Gasteiger partial charge is 0.256 e. The number of pyridine rings is 1. The van der Waals surface area contributed by atoms with E-state index in [9.17, 15) is 0 Å². The predicted octanol–water partition coefficient (Wildman–Crippen LogP) is 1.20. The number of aryl methyl sites for hydroxylation is 1.